The lowest BCUT2D eigenvalue weighted by atomic mass is 9.66. The van der Waals surface area contributed by atoms with Crippen LogP contribution in [0.3, 0.4) is 0 Å². The lowest BCUT2D eigenvalue weighted by molar-refractivity contribution is -0.496. The van der Waals surface area contributed by atoms with E-state index in [0.29, 0.717) is 0 Å². The zero-order chi connectivity index (χ0) is 23.3. The molecule has 0 amide bonds. The maximum atomic E-state index is 9.82. The number of carbonyl (C=O) groups excluding carboxylic acids is 1. The molecule has 4 atom stereocenters. The molecule has 12 N–H and O–H groups in total. The predicted octanol–water partition coefficient (Wildman–Crippen LogP) is -6.32. The van der Waals surface area contributed by atoms with Crippen molar-refractivity contribution in [2.75, 3.05) is 33.0 Å². The quantitative estimate of drug-likeness (QED) is 0.124. The van der Waals surface area contributed by atoms with E-state index in [9.17, 15) is 35.4 Å². The van der Waals surface area contributed by atoms with Crippen molar-refractivity contribution in [3.05, 3.63) is 0 Å². The summed E-state index contributed by atoms with van der Waals surface area (Å²) in [6, 6.07) is 0. The van der Waals surface area contributed by atoms with Crippen LogP contribution in [0.15, 0.2) is 0 Å². The van der Waals surface area contributed by atoms with Gasteiger partial charge in [0.25, 0.3) is 0 Å². The fraction of sp³-hybridized carbons (Fsp3) is 0.941. The Balaban J connectivity index is 0. The molecule has 12 nitrogen and oxygen atoms in total. The second kappa shape index (κ2) is 15.0. The van der Waals surface area contributed by atoms with Gasteiger partial charge in [-0.15, -0.1) is 0 Å². The maximum Gasteiger partial charge on any atom is 0.142 e. The molecule has 4 unspecified atom stereocenters. The van der Waals surface area contributed by atoms with Crippen LogP contribution in [0.1, 0.15) is 32.6 Å². The Hall–Kier alpha value is -0.930. The standard InChI is InChI=1S/C14H31NO8.C3H6O3/c15-14(8-19,9-20)7-13(1-10(21)4-16,2-11(22)5-17)3-12(23)6-18;1-2(4)3(5)6/h10-12,16-23H,1-9,15H2;2,4H,1H3,(H,5,6). The Morgan fingerprint density at radius 2 is 1.10 bits per heavy atom. The van der Waals surface area contributed by atoms with Crippen LogP contribution < -0.4 is 10.8 Å². The molecule has 0 saturated carbocycles. The van der Waals surface area contributed by atoms with E-state index < -0.39 is 74.4 Å². The van der Waals surface area contributed by atoms with Crippen LogP contribution in [0.5, 0.6) is 0 Å². The fourth-order valence-electron chi connectivity index (χ4n) is 3.12. The fourth-order valence-corrected chi connectivity index (χ4v) is 3.12. The minimum absolute atomic E-state index is 0.0121. The smallest absolute Gasteiger partial charge is 0.142 e. The number of hydrogen-bond acceptors (Lipinski definition) is 11. The molecule has 0 aliphatic carbocycles. The van der Waals surface area contributed by atoms with Crippen molar-refractivity contribution in [3.8, 4) is 0 Å². The van der Waals surface area contributed by atoms with Crippen LogP contribution in [0.4, 0.5) is 0 Å². The van der Waals surface area contributed by atoms with Gasteiger partial charge in [0.15, 0.2) is 0 Å². The van der Waals surface area contributed by atoms with Gasteiger partial charge in [0.05, 0.1) is 50.2 Å². The van der Waals surface area contributed by atoms with Gasteiger partial charge >= 0.3 is 0 Å². The molecule has 0 radical (unpaired) electrons. The second-order valence-corrected chi connectivity index (χ2v) is 7.61. The summed E-state index contributed by atoms with van der Waals surface area (Å²) >= 11 is 0. The van der Waals surface area contributed by atoms with Gasteiger partial charge in [-0.05, 0) is 31.6 Å². The molecular formula is C17H37NO11. The minimum atomic E-state index is -1.44. The Kier molecular flexibility index (Phi) is 15.6. The number of aliphatic carboxylic acids is 1. The summed E-state index contributed by atoms with van der Waals surface area (Å²) in [5.74, 6) is -1.44. The van der Waals surface area contributed by atoms with E-state index in [4.69, 9.17) is 20.4 Å². The van der Waals surface area contributed by atoms with Crippen molar-refractivity contribution in [1.82, 2.24) is 0 Å². The summed E-state index contributed by atoms with van der Waals surface area (Å²) in [4.78, 5) is 9.34. The minimum Gasteiger partial charge on any atom is -0.547 e. The van der Waals surface area contributed by atoms with Crippen LogP contribution in [0.2, 0.25) is 0 Å². The zero-order valence-corrected chi connectivity index (χ0v) is 16.7. The van der Waals surface area contributed by atoms with Crippen molar-refractivity contribution in [3.63, 3.8) is 0 Å². The Morgan fingerprint density at radius 1 is 0.828 bits per heavy atom. The monoisotopic (exact) mass is 431 g/mol. The number of hydrogen-bond donors (Lipinski definition) is 10. The van der Waals surface area contributed by atoms with Crippen LogP contribution in [0, 0.1) is 5.41 Å². The summed E-state index contributed by atoms with van der Waals surface area (Å²) in [5, 5.41) is 93.0. The molecule has 0 spiro atoms. The summed E-state index contributed by atoms with van der Waals surface area (Å²) in [6.07, 6.45) is -4.99. The molecule has 0 aliphatic rings. The number of carbonyl (C=O) groups is 1. The van der Waals surface area contributed by atoms with Crippen molar-refractivity contribution < 1.29 is 61.6 Å². The summed E-state index contributed by atoms with van der Waals surface area (Å²) < 4.78 is 0. The highest BCUT2D eigenvalue weighted by atomic mass is 16.4. The first kappa shape index (κ1) is 30.3. The molecule has 29 heavy (non-hydrogen) atoms. The van der Waals surface area contributed by atoms with E-state index in [0.717, 1.165) is 6.92 Å². The number of quaternary nitrogens is 1. The lowest BCUT2D eigenvalue weighted by Gasteiger charge is -2.41. The number of carboxylic acid groups (broad SMARTS) is 1. The van der Waals surface area contributed by atoms with Gasteiger partial charge in [-0.25, -0.2) is 0 Å². The average molecular weight is 431 g/mol. The Morgan fingerprint density at radius 3 is 1.28 bits per heavy atom. The van der Waals surface area contributed by atoms with Crippen molar-refractivity contribution in [2.24, 2.45) is 5.41 Å². The first-order chi connectivity index (χ1) is 13.3. The molecule has 0 aromatic rings. The molecule has 0 heterocycles. The summed E-state index contributed by atoms with van der Waals surface area (Å²) in [5.41, 5.74) is 1.51. The molecule has 0 bridgehead atoms. The highest BCUT2D eigenvalue weighted by Gasteiger charge is 2.44. The van der Waals surface area contributed by atoms with Gasteiger partial charge in [0, 0.05) is 6.42 Å². The highest BCUT2D eigenvalue weighted by molar-refractivity contribution is 5.68. The number of aliphatic hydroxyl groups excluding tert-OH is 9. The molecular weight excluding hydrogens is 394 g/mol. The summed E-state index contributed by atoms with van der Waals surface area (Å²) in [6.45, 7) is -1.44. The number of carboxylic acids is 1. The molecule has 0 aliphatic heterocycles. The molecule has 0 rings (SSSR count). The van der Waals surface area contributed by atoms with E-state index in [1.165, 1.54) is 0 Å². The number of rotatable bonds is 14. The van der Waals surface area contributed by atoms with Crippen molar-refractivity contribution >= 4 is 5.97 Å². The highest BCUT2D eigenvalue weighted by Crippen LogP contribution is 2.41. The summed E-state index contributed by atoms with van der Waals surface area (Å²) in [7, 11) is 0. The van der Waals surface area contributed by atoms with Crippen LogP contribution in [-0.2, 0) is 4.79 Å². The molecule has 0 aromatic carbocycles. The number of aliphatic hydroxyl groups is 9. The van der Waals surface area contributed by atoms with Crippen molar-refractivity contribution in [2.45, 2.75) is 62.6 Å². The first-order valence-corrected chi connectivity index (χ1v) is 9.17. The Bertz CT molecular complexity index is 400. The molecule has 0 saturated heterocycles. The van der Waals surface area contributed by atoms with Gasteiger partial charge in [-0.1, -0.05) is 0 Å². The molecule has 0 aromatic heterocycles. The topological polar surface area (TPSA) is 250 Å². The lowest BCUT2D eigenvalue weighted by Crippen LogP contribution is -2.78. The van der Waals surface area contributed by atoms with Crippen LogP contribution >= 0.6 is 0 Å². The maximum absolute atomic E-state index is 9.82. The SMILES string of the molecule is CC(O)C(=O)[O-].[NH3+]C(CO)(CO)CC(CC(O)CO)(CC(O)CO)CC(O)CO. The third-order valence-corrected chi connectivity index (χ3v) is 4.40. The second-order valence-electron chi connectivity index (χ2n) is 7.61. The molecule has 0 fully saturated rings. The van der Waals surface area contributed by atoms with E-state index in [-0.39, 0.29) is 25.7 Å². The zero-order valence-electron chi connectivity index (χ0n) is 16.7. The van der Waals surface area contributed by atoms with Crippen LogP contribution in [-0.4, -0.2) is 115 Å². The van der Waals surface area contributed by atoms with Crippen LogP contribution in [0.25, 0.3) is 0 Å². The van der Waals surface area contributed by atoms with E-state index in [1.807, 2.05) is 0 Å². The van der Waals surface area contributed by atoms with Gasteiger partial charge in [-0.2, -0.15) is 0 Å². The molecule has 12 heteroatoms. The van der Waals surface area contributed by atoms with Gasteiger partial charge in [0.1, 0.15) is 18.8 Å². The largest absolute Gasteiger partial charge is 0.547 e. The van der Waals surface area contributed by atoms with E-state index in [2.05, 4.69) is 5.73 Å². The van der Waals surface area contributed by atoms with E-state index >= 15 is 0 Å². The molecule has 176 valence electrons. The van der Waals surface area contributed by atoms with Gasteiger partial charge < -0.3 is 61.6 Å². The van der Waals surface area contributed by atoms with Gasteiger partial charge in [0.2, 0.25) is 0 Å². The normalized spacial score (nSPS) is 18.0. The van der Waals surface area contributed by atoms with Gasteiger partial charge in [-0.3, -0.25) is 0 Å². The Labute approximate surface area is 169 Å². The van der Waals surface area contributed by atoms with E-state index in [1.54, 1.807) is 0 Å². The van der Waals surface area contributed by atoms with Crippen molar-refractivity contribution in [1.29, 1.82) is 0 Å². The predicted molar refractivity (Wildman–Crippen MR) is 96.7 cm³/mol. The average Bonchev–Trinajstić information content (AvgIpc) is 2.67. The third-order valence-electron chi connectivity index (χ3n) is 4.40. The first-order valence-electron chi connectivity index (χ1n) is 9.17. The third kappa shape index (κ3) is 13.1.